The summed E-state index contributed by atoms with van der Waals surface area (Å²) in [6, 6.07) is 9.33. The van der Waals surface area contributed by atoms with Gasteiger partial charge in [-0.3, -0.25) is 0 Å². The Morgan fingerprint density at radius 2 is 1.78 bits per heavy atom. The van der Waals surface area contributed by atoms with Crippen molar-refractivity contribution in [3.8, 4) is 0 Å². The summed E-state index contributed by atoms with van der Waals surface area (Å²) in [5.41, 5.74) is 1.43. The third-order valence-electron chi connectivity index (χ3n) is 3.17. The molecule has 1 nitrogen and oxygen atoms in total. The lowest BCUT2D eigenvalue weighted by Crippen LogP contribution is -2.32. The fraction of sp³-hybridized carbons (Fsp3) is 0.625. The van der Waals surface area contributed by atoms with E-state index in [2.05, 4.69) is 66.3 Å². The van der Waals surface area contributed by atoms with E-state index in [1.54, 1.807) is 0 Å². The zero-order chi connectivity index (χ0) is 13.4. The second-order valence-electron chi connectivity index (χ2n) is 5.45. The molecular formula is C16H26BrN. The van der Waals surface area contributed by atoms with E-state index in [0.29, 0.717) is 6.04 Å². The van der Waals surface area contributed by atoms with Crippen molar-refractivity contribution in [2.45, 2.75) is 52.5 Å². The van der Waals surface area contributed by atoms with E-state index in [0.717, 1.165) is 23.4 Å². The zero-order valence-corrected chi connectivity index (χ0v) is 13.5. The van der Waals surface area contributed by atoms with Crippen LogP contribution in [0.2, 0.25) is 0 Å². The number of nitrogens with one attached hydrogen (secondary N) is 1. The Balaban J connectivity index is 2.50. The quantitative estimate of drug-likeness (QED) is 0.727. The molecule has 18 heavy (non-hydrogen) atoms. The maximum Gasteiger partial charge on any atom is 0.0175 e. The predicted octanol–water partition coefficient (Wildman–Crippen LogP) is 4.80. The smallest absolute Gasteiger partial charge is 0.0175 e. The van der Waals surface area contributed by atoms with Crippen molar-refractivity contribution >= 4 is 15.9 Å². The second-order valence-corrected chi connectivity index (χ2v) is 6.37. The number of hydrogen-bond acceptors (Lipinski definition) is 1. The van der Waals surface area contributed by atoms with Crippen LogP contribution >= 0.6 is 15.9 Å². The number of benzene rings is 1. The summed E-state index contributed by atoms with van der Waals surface area (Å²) >= 11 is 3.49. The molecule has 0 saturated carbocycles. The van der Waals surface area contributed by atoms with Crippen LogP contribution < -0.4 is 5.32 Å². The molecule has 0 amide bonds. The molecule has 0 aliphatic carbocycles. The Morgan fingerprint density at radius 1 is 1.11 bits per heavy atom. The molecule has 0 fully saturated rings. The molecular weight excluding hydrogens is 286 g/mol. The summed E-state index contributed by atoms with van der Waals surface area (Å²) in [5, 5.41) is 3.68. The van der Waals surface area contributed by atoms with Crippen LogP contribution in [0.3, 0.4) is 0 Å². The molecule has 0 aliphatic heterocycles. The topological polar surface area (TPSA) is 12.0 Å². The van der Waals surface area contributed by atoms with Crippen molar-refractivity contribution in [3.63, 3.8) is 0 Å². The maximum absolute atomic E-state index is 3.68. The molecule has 0 aromatic heterocycles. The lowest BCUT2D eigenvalue weighted by atomic mass is 9.98. The van der Waals surface area contributed by atoms with Crippen molar-refractivity contribution in [3.05, 3.63) is 34.3 Å². The molecule has 0 radical (unpaired) electrons. The average molecular weight is 312 g/mol. The first-order chi connectivity index (χ1) is 8.61. The Labute approximate surface area is 120 Å². The summed E-state index contributed by atoms with van der Waals surface area (Å²) in [6.45, 7) is 7.96. The highest BCUT2D eigenvalue weighted by atomic mass is 79.9. The fourth-order valence-corrected chi connectivity index (χ4v) is 2.33. The van der Waals surface area contributed by atoms with Crippen molar-refractivity contribution in [1.82, 2.24) is 5.32 Å². The van der Waals surface area contributed by atoms with Gasteiger partial charge in [0.15, 0.2) is 0 Å². The van der Waals surface area contributed by atoms with Gasteiger partial charge in [-0.1, -0.05) is 48.8 Å². The minimum Gasteiger partial charge on any atom is -0.314 e. The van der Waals surface area contributed by atoms with Crippen LogP contribution in [0.25, 0.3) is 0 Å². The molecule has 0 bridgehead atoms. The van der Waals surface area contributed by atoms with Gasteiger partial charge < -0.3 is 5.32 Å². The van der Waals surface area contributed by atoms with E-state index in [4.69, 9.17) is 0 Å². The van der Waals surface area contributed by atoms with Crippen LogP contribution in [0, 0.1) is 5.92 Å². The Kier molecular flexibility index (Phi) is 7.60. The molecule has 1 aromatic rings. The summed E-state index contributed by atoms with van der Waals surface area (Å²) in [4.78, 5) is 0. The molecule has 0 heterocycles. The first kappa shape index (κ1) is 15.7. The van der Waals surface area contributed by atoms with Gasteiger partial charge >= 0.3 is 0 Å². The molecule has 2 heteroatoms. The third kappa shape index (κ3) is 6.55. The van der Waals surface area contributed by atoms with E-state index in [-0.39, 0.29) is 0 Å². The van der Waals surface area contributed by atoms with Crippen LogP contribution in [0.4, 0.5) is 0 Å². The van der Waals surface area contributed by atoms with E-state index in [1.165, 1.54) is 24.8 Å². The van der Waals surface area contributed by atoms with Gasteiger partial charge in [-0.25, -0.2) is 0 Å². The van der Waals surface area contributed by atoms with E-state index in [1.807, 2.05) is 0 Å². The van der Waals surface area contributed by atoms with Crippen molar-refractivity contribution in [2.24, 2.45) is 5.92 Å². The first-order valence-corrected chi connectivity index (χ1v) is 7.89. The summed E-state index contributed by atoms with van der Waals surface area (Å²) < 4.78 is 1.16. The van der Waals surface area contributed by atoms with Gasteiger partial charge in [0.1, 0.15) is 0 Å². The molecule has 1 aromatic carbocycles. The van der Waals surface area contributed by atoms with Gasteiger partial charge in [0.05, 0.1) is 0 Å². The highest BCUT2D eigenvalue weighted by Gasteiger charge is 2.09. The van der Waals surface area contributed by atoms with E-state index < -0.39 is 0 Å². The summed E-state index contributed by atoms with van der Waals surface area (Å²) in [5.74, 6) is 0.792. The molecule has 1 unspecified atom stereocenters. The normalized spacial score (nSPS) is 12.9. The summed E-state index contributed by atoms with van der Waals surface area (Å²) in [7, 11) is 0. The SMILES string of the molecule is CCCNC(CCC(C)C)Cc1ccc(Br)cc1. The number of halogens is 1. The largest absolute Gasteiger partial charge is 0.314 e. The monoisotopic (exact) mass is 311 g/mol. The van der Waals surface area contributed by atoms with E-state index >= 15 is 0 Å². The van der Waals surface area contributed by atoms with Gasteiger partial charge in [0, 0.05) is 10.5 Å². The van der Waals surface area contributed by atoms with Gasteiger partial charge in [-0.2, -0.15) is 0 Å². The number of hydrogen-bond donors (Lipinski definition) is 1. The minimum atomic E-state index is 0.619. The lowest BCUT2D eigenvalue weighted by molar-refractivity contribution is 0.427. The van der Waals surface area contributed by atoms with Gasteiger partial charge in [-0.15, -0.1) is 0 Å². The summed E-state index contributed by atoms with van der Waals surface area (Å²) in [6.07, 6.45) is 4.92. The molecule has 1 N–H and O–H groups in total. The molecule has 0 aliphatic rings. The van der Waals surface area contributed by atoms with Crippen LogP contribution in [0.5, 0.6) is 0 Å². The standard InChI is InChI=1S/C16H26BrN/c1-4-11-18-16(10-5-13(2)3)12-14-6-8-15(17)9-7-14/h6-9,13,16,18H,4-5,10-12H2,1-3H3. The van der Waals surface area contributed by atoms with Crippen LogP contribution in [0.1, 0.15) is 45.6 Å². The van der Waals surface area contributed by atoms with Gasteiger partial charge in [0.25, 0.3) is 0 Å². The highest BCUT2D eigenvalue weighted by molar-refractivity contribution is 9.10. The molecule has 0 saturated heterocycles. The number of rotatable bonds is 8. The second kappa shape index (κ2) is 8.71. The molecule has 0 spiro atoms. The van der Waals surface area contributed by atoms with E-state index in [9.17, 15) is 0 Å². The fourth-order valence-electron chi connectivity index (χ4n) is 2.06. The van der Waals surface area contributed by atoms with Gasteiger partial charge in [-0.05, 0) is 55.8 Å². The molecule has 1 atom stereocenters. The van der Waals surface area contributed by atoms with Crippen LogP contribution in [0.15, 0.2) is 28.7 Å². The molecule has 102 valence electrons. The highest BCUT2D eigenvalue weighted by Crippen LogP contribution is 2.15. The van der Waals surface area contributed by atoms with Crippen molar-refractivity contribution in [2.75, 3.05) is 6.54 Å². The van der Waals surface area contributed by atoms with Gasteiger partial charge in [0.2, 0.25) is 0 Å². The minimum absolute atomic E-state index is 0.619. The Morgan fingerprint density at radius 3 is 2.33 bits per heavy atom. The predicted molar refractivity (Wildman–Crippen MR) is 84.0 cm³/mol. The van der Waals surface area contributed by atoms with Crippen molar-refractivity contribution < 1.29 is 0 Å². The Hall–Kier alpha value is -0.340. The molecule has 1 rings (SSSR count). The zero-order valence-electron chi connectivity index (χ0n) is 11.9. The first-order valence-electron chi connectivity index (χ1n) is 7.09. The average Bonchev–Trinajstić information content (AvgIpc) is 2.35. The lowest BCUT2D eigenvalue weighted by Gasteiger charge is -2.19. The van der Waals surface area contributed by atoms with Crippen molar-refractivity contribution in [1.29, 1.82) is 0 Å². The third-order valence-corrected chi connectivity index (χ3v) is 3.70. The Bertz CT molecular complexity index is 318. The maximum atomic E-state index is 3.68. The van der Waals surface area contributed by atoms with Crippen LogP contribution in [-0.4, -0.2) is 12.6 Å². The van der Waals surface area contributed by atoms with Crippen LogP contribution in [-0.2, 0) is 6.42 Å².